The van der Waals surface area contributed by atoms with Crippen LogP contribution in [0.2, 0.25) is 0 Å². The van der Waals surface area contributed by atoms with Gasteiger partial charge in [-0.15, -0.1) is 0 Å². The van der Waals surface area contributed by atoms with Crippen LogP contribution >= 0.6 is 11.8 Å². The Hall–Kier alpha value is -3.12. The molecule has 2 aromatic heterocycles. The smallest absolute Gasteiger partial charge is 0.260 e. The number of aromatic nitrogens is 3. The molecule has 3 aromatic rings. The van der Waals surface area contributed by atoms with Gasteiger partial charge in [0.15, 0.2) is 10.8 Å². The Bertz CT molecular complexity index is 1130. The molecule has 0 aliphatic rings. The molecule has 142 valence electrons. The van der Waals surface area contributed by atoms with E-state index in [2.05, 4.69) is 28.4 Å². The zero-order valence-corrected chi connectivity index (χ0v) is 16.8. The van der Waals surface area contributed by atoms with Gasteiger partial charge < -0.3 is 5.32 Å². The van der Waals surface area contributed by atoms with Crippen molar-refractivity contribution in [1.29, 1.82) is 0 Å². The van der Waals surface area contributed by atoms with Gasteiger partial charge in [-0.2, -0.15) is 0 Å². The molecular formula is C22H22N4OS. The first kappa shape index (κ1) is 19.6. The fourth-order valence-electron chi connectivity index (χ4n) is 2.97. The Morgan fingerprint density at radius 2 is 2.14 bits per heavy atom. The molecule has 1 aromatic carbocycles. The van der Waals surface area contributed by atoms with Gasteiger partial charge in [-0.3, -0.25) is 9.36 Å². The maximum Gasteiger partial charge on any atom is 0.260 e. The van der Waals surface area contributed by atoms with Gasteiger partial charge in [-0.1, -0.05) is 49.2 Å². The summed E-state index contributed by atoms with van der Waals surface area (Å²) in [7, 11) is 1.85. The summed E-state index contributed by atoms with van der Waals surface area (Å²) in [5, 5.41) is 4.55. The number of rotatable bonds is 7. The third kappa shape index (κ3) is 3.92. The molecule has 0 radical (unpaired) electrons. The van der Waals surface area contributed by atoms with Crippen LogP contribution in [0.15, 0.2) is 83.4 Å². The Balaban J connectivity index is 2.32. The average molecular weight is 391 g/mol. The summed E-state index contributed by atoms with van der Waals surface area (Å²) < 4.78 is 1.65. The Kier molecular flexibility index (Phi) is 6.11. The normalized spacial score (nSPS) is 11.4. The van der Waals surface area contributed by atoms with E-state index in [1.54, 1.807) is 22.9 Å². The van der Waals surface area contributed by atoms with Crippen molar-refractivity contribution in [3.05, 3.63) is 89.4 Å². The summed E-state index contributed by atoms with van der Waals surface area (Å²) in [6.45, 7) is 7.56. The van der Waals surface area contributed by atoms with Crippen LogP contribution in [0.25, 0.3) is 16.7 Å². The number of nitrogens with one attached hydrogen (secondary N) is 1. The molecule has 0 saturated carbocycles. The van der Waals surface area contributed by atoms with Crippen molar-refractivity contribution in [3.8, 4) is 5.69 Å². The third-order valence-corrected chi connectivity index (χ3v) is 4.92. The molecule has 0 aliphatic heterocycles. The first-order valence-electron chi connectivity index (χ1n) is 8.79. The second-order valence-electron chi connectivity index (χ2n) is 6.10. The molecule has 0 amide bonds. The van der Waals surface area contributed by atoms with E-state index in [0.29, 0.717) is 22.8 Å². The largest absolute Gasteiger partial charge is 0.388 e. The average Bonchev–Trinajstić information content (AvgIpc) is 2.73. The highest BCUT2D eigenvalue weighted by Crippen LogP contribution is 2.21. The van der Waals surface area contributed by atoms with Gasteiger partial charge in [0.05, 0.1) is 5.69 Å². The van der Waals surface area contributed by atoms with Crippen molar-refractivity contribution in [2.75, 3.05) is 18.6 Å². The SMILES string of the molecule is C=C/C=C(\C=C)Cc1cc2cnc(SC)nc2n(-c2cccc(NC)c2)c1=O. The number of hydrogen-bond acceptors (Lipinski definition) is 5. The van der Waals surface area contributed by atoms with E-state index < -0.39 is 0 Å². The summed E-state index contributed by atoms with van der Waals surface area (Å²) in [6.07, 6.45) is 9.43. The molecular weight excluding hydrogens is 368 g/mol. The summed E-state index contributed by atoms with van der Waals surface area (Å²) in [4.78, 5) is 22.4. The molecule has 3 rings (SSSR count). The topological polar surface area (TPSA) is 59.8 Å². The van der Waals surface area contributed by atoms with E-state index in [4.69, 9.17) is 0 Å². The quantitative estimate of drug-likeness (QED) is 0.368. The van der Waals surface area contributed by atoms with Crippen molar-refractivity contribution in [2.24, 2.45) is 0 Å². The van der Waals surface area contributed by atoms with Crippen molar-refractivity contribution in [3.63, 3.8) is 0 Å². The molecule has 0 aliphatic carbocycles. The molecule has 0 fully saturated rings. The van der Waals surface area contributed by atoms with Crippen LogP contribution < -0.4 is 10.9 Å². The minimum absolute atomic E-state index is 0.108. The molecule has 0 spiro atoms. The molecule has 0 atom stereocenters. The number of nitrogens with zero attached hydrogens (tertiary/aromatic N) is 3. The fraction of sp³-hybridized carbons (Fsp3) is 0.136. The highest BCUT2D eigenvalue weighted by molar-refractivity contribution is 7.98. The minimum Gasteiger partial charge on any atom is -0.388 e. The lowest BCUT2D eigenvalue weighted by atomic mass is 10.0. The molecule has 2 heterocycles. The van der Waals surface area contributed by atoms with Crippen molar-refractivity contribution in [2.45, 2.75) is 11.6 Å². The highest BCUT2D eigenvalue weighted by atomic mass is 32.2. The highest BCUT2D eigenvalue weighted by Gasteiger charge is 2.14. The number of pyridine rings is 1. The Morgan fingerprint density at radius 1 is 1.32 bits per heavy atom. The number of thioether (sulfide) groups is 1. The van der Waals surface area contributed by atoms with Crippen LogP contribution in [0.5, 0.6) is 0 Å². The zero-order chi connectivity index (χ0) is 20.1. The predicted molar refractivity (Wildman–Crippen MR) is 119 cm³/mol. The standard InChI is InChI=1S/C22H22N4OS/c1-5-8-15(6-2)11-16-12-17-14-24-22(28-4)25-20(17)26(21(16)27)19-10-7-9-18(13-19)23-3/h5-10,12-14,23H,1-2,11H2,3-4H3/b15-8+. The van der Waals surface area contributed by atoms with Crippen molar-refractivity contribution >= 4 is 28.5 Å². The molecule has 6 heteroatoms. The summed E-state index contributed by atoms with van der Waals surface area (Å²) >= 11 is 1.44. The lowest BCUT2D eigenvalue weighted by Crippen LogP contribution is -2.24. The summed E-state index contributed by atoms with van der Waals surface area (Å²) in [5.41, 5.74) is 3.72. The second kappa shape index (κ2) is 8.71. The van der Waals surface area contributed by atoms with Crippen LogP contribution in [0.4, 0.5) is 5.69 Å². The van der Waals surface area contributed by atoms with Crippen LogP contribution in [0, 0.1) is 0 Å². The molecule has 0 unspecified atom stereocenters. The Morgan fingerprint density at radius 3 is 2.82 bits per heavy atom. The number of hydrogen-bond donors (Lipinski definition) is 1. The zero-order valence-electron chi connectivity index (χ0n) is 16.0. The number of fused-ring (bicyclic) bond motifs is 1. The van der Waals surface area contributed by atoms with Crippen LogP contribution in [0.1, 0.15) is 5.56 Å². The van der Waals surface area contributed by atoms with E-state index in [-0.39, 0.29) is 5.56 Å². The third-order valence-electron chi connectivity index (χ3n) is 4.36. The van der Waals surface area contributed by atoms with Gasteiger partial charge in [-0.05, 0) is 36.1 Å². The van der Waals surface area contributed by atoms with E-state index >= 15 is 0 Å². The van der Waals surface area contributed by atoms with Crippen molar-refractivity contribution < 1.29 is 0 Å². The van der Waals surface area contributed by atoms with Crippen molar-refractivity contribution in [1.82, 2.24) is 14.5 Å². The summed E-state index contributed by atoms with van der Waals surface area (Å²) in [6, 6.07) is 9.56. The molecule has 0 saturated heterocycles. The molecule has 0 bridgehead atoms. The summed E-state index contributed by atoms with van der Waals surface area (Å²) in [5.74, 6) is 0. The van der Waals surface area contributed by atoms with E-state index in [1.807, 2.05) is 49.7 Å². The van der Waals surface area contributed by atoms with Gasteiger partial charge in [0.1, 0.15) is 0 Å². The van der Waals surface area contributed by atoms with Gasteiger partial charge >= 0.3 is 0 Å². The monoisotopic (exact) mass is 390 g/mol. The minimum atomic E-state index is -0.108. The molecule has 5 nitrogen and oxygen atoms in total. The van der Waals surface area contributed by atoms with E-state index in [0.717, 1.165) is 22.3 Å². The predicted octanol–water partition coefficient (Wildman–Crippen LogP) is 4.39. The number of anilines is 1. The van der Waals surface area contributed by atoms with Crippen LogP contribution in [-0.4, -0.2) is 27.8 Å². The van der Waals surface area contributed by atoms with Gasteiger partial charge in [0.2, 0.25) is 0 Å². The molecule has 1 N–H and O–H groups in total. The lowest BCUT2D eigenvalue weighted by Gasteiger charge is -2.14. The fourth-order valence-corrected chi connectivity index (χ4v) is 3.31. The van der Waals surface area contributed by atoms with E-state index in [1.165, 1.54) is 11.8 Å². The van der Waals surface area contributed by atoms with Gasteiger partial charge in [-0.25, -0.2) is 9.97 Å². The molecule has 28 heavy (non-hydrogen) atoms. The lowest BCUT2D eigenvalue weighted by molar-refractivity contribution is 0.921. The second-order valence-corrected chi connectivity index (χ2v) is 6.88. The van der Waals surface area contributed by atoms with Crippen LogP contribution in [-0.2, 0) is 6.42 Å². The maximum absolute atomic E-state index is 13.4. The Labute approximate surface area is 168 Å². The van der Waals surface area contributed by atoms with Gasteiger partial charge in [0, 0.05) is 36.3 Å². The first-order chi connectivity index (χ1) is 13.6. The first-order valence-corrected chi connectivity index (χ1v) is 10.0. The van der Waals surface area contributed by atoms with Crippen LogP contribution in [0.3, 0.4) is 0 Å². The number of benzene rings is 1. The maximum atomic E-state index is 13.4. The van der Waals surface area contributed by atoms with Gasteiger partial charge in [0.25, 0.3) is 5.56 Å². The van der Waals surface area contributed by atoms with E-state index in [9.17, 15) is 4.79 Å². The number of allylic oxidation sites excluding steroid dienone is 4.